The van der Waals surface area contributed by atoms with Crippen molar-refractivity contribution in [2.24, 2.45) is 23.5 Å². The fourth-order valence-corrected chi connectivity index (χ4v) is 6.15. The summed E-state index contributed by atoms with van der Waals surface area (Å²) in [5, 5.41) is 55.0. The zero-order chi connectivity index (χ0) is 26.8. The molecule has 0 spiro atoms. The average Bonchev–Trinajstić information content (AvgIpc) is 2.86. The minimum atomic E-state index is -2.81. The molecule has 37 heavy (non-hydrogen) atoms. The van der Waals surface area contributed by atoms with Crippen LogP contribution in [0.25, 0.3) is 0 Å². The highest BCUT2D eigenvalue weighted by Crippen LogP contribution is 2.55. The van der Waals surface area contributed by atoms with Crippen LogP contribution in [0.15, 0.2) is 53.8 Å². The zero-order valence-corrected chi connectivity index (χ0v) is 19.8. The molecule has 9 nitrogen and oxygen atoms in total. The first kappa shape index (κ1) is 24.7. The van der Waals surface area contributed by atoms with E-state index in [-0.39, 0.29) is 11.3 Å². The number of fused-ring (bicyclic) bond motifs is 3. The van der Waals surface area contributed by atoms with Gasteiger partial charge in [0.1, 0.15) is 17.4 Å². The van der Waals surface area contributed by atoms with Crippen LogP contribution < -0.4 is 5.73 Å². The maximum Gasteiger partial charge on any atom is 0.230 e. The van der Waals surface area contributed by atoms with Crippen LogP contribution in [0.1, 0.15) is 46.3 Å². The van der Waals surface area contributed by atoms with E-state index in [1.807, 2.05) is 30.3 Å². The average molecular weight is 504 g/mol. The Balaban J connectivity index is 1.71. The van der Waals surface area contributed by atoms with Gasteiger partial charge in [0.05, 0.1) is 17.8 Å². The highest BCUT2D eigenvalue weighted by atomic mass is 16.4. The second kappa shape index (κ2) is 8.56. The summed E-state index contributed by atoms with van der Waals surface area (Å²) in [6.07, 6.45) is -3.57. The largest absolute Gasteiger partial charge is 0.508 e. The van der Waals surface area contributed by atoms with E-state index in [1.54, 1.807) is 13.0 Å². The van der Waals surface area contributed by atoms with E-state index in [2.05, 4.69) is 11.8 Å². The van der Waals surface area contributed by atoms with E-state index in [4.69, 9.17) is 5.73 Å². The number of aliphatic hydroxyl groups is 4. The molecule has 7 N–H and O–H groups in total. The summed E-state index contributed by atoms with van der Waals surface area (Å²) >= 11 is 0. The van der Waals surface area contributed by atoms with Crippen molar-refractivity contribution in [1.29, 1.82) is 0 Å². The molecule has 3 aliphatic carbocycles. The van der Waals surface area contributed by atoms with Crippen LogP contribution >= 0.6 is 0 Å². The first-order valence-corrected chi connectivity index (χ1v) is 11.8. The topological polar surface area (TPSA) is 178 Å². The first-order valence-electron chi connectivity index (χ1n) is 11.8. The number of rotatable bonds is 1. The van der Waals surface area contributed by atoms with Crippen molar-refractivity contribution in [2.75, 3.05) is 0 Å². The van der Waals surface area contributed by atoms with Gasteiger partial charge >= 0.3 is 0 Å². The lowest BCUT2D eigenvalue weighted by atomic mass is 9.54. The number of ketones is 2. The highest BCUT2D eigenvalue weighted by molar-refractivity contribution is 6.16. The maximum atomic E-state index is 13.7. The maximum absolute atomic E-state index is 13.7. The number of carbonyl (C=O) groups is 3. The van der Waals surface area contributed by atoms with E-state index in [9.17, 15) is 39.9 Å². The number of primary amides is 1. The van der Waals surface area contributed by atoms with Crippen LogP contribution in [0.3, 0.4) is 0 Å². The molecule has 1 amide bonds. The molecule has 2 aromatic carbocycles. The monoisotopic (exact) mass is 503 g/mol. The van der Waals surface area contributed by atoms with Gasteiger partial charge in [-0.1, -0.05) is 37.0 Å². The Kier molecular flexibility index (Phi) is 5.72. The molecule has 9 heteroatoms. The van der Waals surface area contributed by atoms with Crippen molar-refractivity contribution >= 4 is 17.5 Å². The number of hydrogen-bond acceptors (Lipinski definition) is 8. The molecule has 1 saturated carbocycles. The number of aromatic hydroxyl groups is 1. The standard InChI is InChI=1S/C28H25NO8/c1-12-18-14(8-7-13-5-3-2-4-6-13)9-10-16(30)20(18)24(33)22-19(12)23(32)15-11-17(31)21(27(29)36)25(34)28(15,37)26(22)35/h2-6,9-10,12,15,17,19,21,23,30-32,35,37H,11H2,1H3,(H2,29,36)/t12-,15+,17?,19+,21?,23+,28+/m0/s1. The molecule has 0 aliphatic heterocycles. The van der Waals surface area contributed by atoms with E-state index in [0.717, 1.165) is 5.56 Å². The SMILES string of the molecule is C[C@H]1c2c(C#Cc3ccccc3)ccc(O)c2C(=O)C2=C(O)[C@]3(O)C(=O)C(C(N)=O)C(O)C[C@@H]3[C@@H](O)[C@@H]21. The van der Waals surface area contributed by atoms with E-state index in [1.165, 1.54) is 6.07 Å². The lowest BCUT2D eigenvalue weighted by Crippen LogP contribution is -2.67. The van der Waals surface area contributed by atoms with Crippen molar-refractivity contribution in [1.82, 2.24) is 0 Å². The number of aliphatic hydroxyl groups excluding tert-OH is 3. The smallest absolute Gasteiger partial charge is 0.230 e. The van der Waals surface area contributed by atoms with Crippen molar-refractivity contribution in [3.8, 4) is 17.6 Å². The third-order valence-electron chi connectivity index (χ3n) is 7.92. The van der Waals surface area contributed by atoms with Gasteiger partial charge in [-0.15, -0.1) is 0 Å². The Bertz CT molecular complexity index is 1440. The number of amides is 1. The van der Waals surface area contributed by atoms with Gasteiger partial charge < -0.3 is 31.3 Å². The molecular formula is C28H25NO8. The lowest BCUT2D eigenvalue weighted by Gasteiger charge is -2.52. The number of phenolic OH excluding ortho intramolecular Hbond substituents is 1. The highest BCUT2D eigenvalue weighted by Gasteiger charge is 2.66. The van der Waals surface area contributed by atoms with Crippen LogP contribution in [0.2, 0.25) is 0 Å². The van der Waals surface area contributed by atoms with E-state index < -0.39 is 76.7 Å². The van der Waals surface area contributed by atoms with Gasteiger partial charge in [0.2, 0.25) is 5.91 Å². The van der Waals surface area contributed by atoms with Gasteiger partial charge in [-0.25, -0.2) is 0 Å². The molecule has 0 heterocycles. The molecule has 2 unspecified atom stereocenters. The van der Waals surface area contributed by atoms with Crippen molar-refractivity contribution < 1.29 is 39.9 Å². The van der Waals surface area contributed by atoms with Gasteiger partial charge in [-0.3, -0.25) is 14.4 Å². The number of benzene rings is 2. The van der Waals surface area contributed by atoms with Crippen LogP contribution in [0.5, 0.6) is 5.75 Å². The van der Waals surface area contributed by atoms with E-state index in [0.29, 0.717) is 11.1 Å². The summed E-state index contributed by atoms with van der Waals surface area (Å²) in [6, 6.07) is 12.0. The van der Waals surface area contributed by atoms with Crippen LogP contribution in [-0.2, 0) is 9.59 Å². The van der Waals surface area contributed by atoms with Gasteiger partial charge in [0.25, 0.3) is 0 Å². The van der Waals surface area contributed by atoms with Crippen LogP contribution in [0.4, 0.5) is 0 Å². The second-order valence-electron chi connectivity index (χ2n) is 9.85. The Morgan fingerprint density at radius 3 is 2.38 bits per heavy atom. The van der Waals surface area contributed by atoms with E-state index >= 15 is 0 Å². The minimum absolute atomic E-state index is 0.158. The Labute approximate surface area is 211 Å². The summed E-state index contributed by atoms with van der Waals surface area (Å²) in [4.78, 5) is 38.7. The normalized spacial score (nSPS) is 32.5. The van der Waals surface area contributed by atoms with Crippen molar-refractivity contribution in [2.45, 2.75) is 37.1 Å². The first-order chi connectivity index (χ1) is 17.5. The van der Waals surface area contributed by atoms with Crippen LogP contribution in [-0.4, -0.2) is 60.8 Å². The fraction of sp³-hybridized carbons (Fsp3) is 0.321. The number of hydrogen-bond donors (Lipinski definition) is 6. The number of carbonyl (C=O) groups excluding carboxylic acids is 3. The summed E-state index contributed by atoms with van der Waals surface area (Å²) < 4.78 is 0. The number of phenols is 1. The fourth-order valence-electron chi connectivity index (χ4n) is 6.15. The lowest BCUT2D eigenvalue weighted by molar-refractivity contribution is -0.179. The summed E-state index contributed by atoms with van der Waals surface area (Å²) in [5.74, 6) is -3.76. The van der Waals surface area contributed by atoms with Gasteiger partial charge in [0, 0.05) is 28.5 Å². The Hall–Kier alpha value is -3.97. The van der Waals surface area contributed by atoms with Crippen LogP contribution in [0, 0.1) is 29.6 Å². The molecule has 0 radical (unpaired) electrons. The molecule has 190 valence electrons. The molecule has 5 rings (SSSR count). The summed E-state index contributed by atoms with van der Waals surface area (Å²) in [6.45, 7) is 1.68. The predicted octanol–water partition coefficient (Wildman–Crippen LogP) is 0.677. The third kappa shape index (κ3) is 3.41. The number of nitrogens with two attached hydrogens (primary N) is 1. The summed E-state index contributed by atoms with van der Waals surface area (Å²) in [5.41, 5.74) is 3.37. The second-order valence-corrected chi connectivity index (χ2v) is 9.85. The molecule has 0 aromatic heterocycles. The van der Waals surface area contributed by atoms with Gasteiger partial charge in [-0.2, -0.15) is 0 Å². The molecule has 7 atom stereocenters. The Morgan fingerprint density at radius 2 is 1.73 bits per heavy atom. The molecular weight excluding hydrogens is 478 g/mol. The molecule has 0 bridgehead atoms. The summed E-state index contributed by atoms with van der Waals surface area (Å²) in [7, 11) is 0. The molecule has 3 aliphatic rings. The predicted molar refractivity (Wildman–Crippen MR) is 129 cm³/mol. The molecule has 2 aromatic rings. The quantitative estimate of drug-likeness (QED) is 0.243. The van der Waals surface area contributed by atoms with Crippen molar-refractivity contribution in [3.63, 3.8) is 0 Å². The minimum Gasteiger partial charge on any atom is -0.508 e. The third-order valence-corrected chi connectivity index (χ3v) is 7.92. The number of Topliss-reactive ketones (excluding diaryl/α,β-unsaturated/α-hetero) is 2. The Morgan fingerprint density at radius 1 is 1.05 bits per heavy atom. The van der Waals surface area contributed by atoms with Gasteiger partial charge in [0.15, 0.2) is 17.2 Å². The van der Waals surface area contributed by atoms with Gasteiger partial charge in [-0.05, 0) is 42.2 Å². The molecule has 0 saturated heterocycles. The molecule has 1 fully saturated rings. The van der Waals surface area contributed by atoms with Crippen molar-refractivity contribution in [3.05, 3.63) is 76.1 Å². The zero-order valence-electron chi connectivity index (χ0n) is 19.8.